The highest BCUT2D eigenvalue weighted by molar-refractivity contribution is 7.91. The average Bonchev–Trinajstić information content (AvgIpc) is 2.36. The molecule has 9 heteroatoms. The zero-order valence-electron chi connectivity index (χ0n) is 11.5. The second-order valence-electron chi connectivity index (χ2n) is 5.20. The number of hydrogen-bond acceptors (Lipinski definition) is 5. The van der Waals surface area contributed by atoms with E-state index >= 15 is 0 Å². The maximum atomic E-state index is 14.0. The molecule has 1 fully saturated rings. The molecule has 0 saturated carbocycles. The molecule has 0 unspecified atom stereocenters. The van der Waals surface area contributed by atoms with E-state index < -0.39 is 36.6 Å². The number of nitrogens with two attached hydrogens (primary N) is 1. The SMILES string of the molecule is Cc1cc(N)cc(S(=O)(=O)NC2CCS(=O)(=O)CC2)c1F. The van der Waals surface area contributed by atoms with Gasteiger partial charge in [-0.1, -0.05) is 0 Å². The number of anilines is 1. The van der Waals surface area contributed by atoms with Gasteiger partial charge in [-0.05, 0) is 37.5 Å². The highest BCUT2D eigenvalue weighted by Crippen LogP contribution is 2.23. The Morgan fingerprint density at radius 1 is 1.29 bits per heavy atom. The number of nitrogen functional groups attached to an aromatic ring is 1. The summed E-state index contributed by atoms with van der Waals surface area (Å²) in [5.41, 5.74) is 5.85. The second kappa shape index (κ2) is 5.54. The molecule has 1 aliphatic heterocycles. The summed E-state index contributed by atoms with van der Waals surface area (Å²) in [7, 11) is -7.16. The van der Waals surface area contributed by atoms with Crippen molar-refractivity contribution in [1.29, 1.82) is 0 Å². The number of sulfone groups is 1. The minimum atomic E-state index is -4.07. The predicted molar refractivity (Wildman–Crippen MR) is 77.5 cm³/mol. The largest absolute Gasteiger partial charge is 0.399 e. The summed E-state index contributed by atoms with van der Waals surface area (Å²) in [6.45, 7) is 1.43. The monoisotopic (exact) mass is 336 g/mol. The fourth-order valence-corrected chi connectivity index (χ4v) is 5.23. The van der Waals surface area contributed by atoms with Crippen molar-refractivity contribution in [2.45, 2.75) is 30.7 Å². The standard InChI is InChI=1S/C12H17FN2O4S2/c1-8-6-9(14)7-11(12(8)13)21(18,19)15-10-2-4-20(16,17)5-3-10/h6-7,10,15H,2-5,14H2,1H3. The third-order valence-corrected chi connectivity index (χ3v) is 6.64. The van der Waals surface area contributed by atoms with E-state index in [1.165, 1.54) is 13.0 Å². The lowest BCUT2D eigenvalue weighted by atomic mass is 10.2. The lowest BCUT2D eigenvalue weighted by Gasteiger charge is -2.23. The summed E-state index contributed by atoms with van der Waals surface area (Å²) in [6, 6.07) is 1.89. The molecule has 0 amide bonds. The minimum Gasteiger partial charge on any atom is -0.399 e. The fraction of sp³-hybridized carbons (Fsp3) is 0.500. The average molecular weight is 336 g/mol. The van der Waals surface area contributed by atoms with Crippen LogP contribution in [0.3, 0.4) is 0 Å². The molecule has 21 heavy (non-hydrogen) atoms. The van der Waals surface area contributed by atoms with Crippen LogP contribution in [0.1, 0.15) is 18.4 Å². The second-order valence-corrected chi connectivity index (χ2v) is 9.18. The first-order chi connectivity index (χ1) is 9.61. The number of hydrogen-bond donors (Lipinski definition) is 2. The molecule has 1 aromatic carbocycles. The summed E-state index contributed by atoms with van der Waals surface area (Å²) in [6.07, 6.45) is 0.370. The summed E-state index contributed by atoms with van der Waals surface area (Å²) in [4.78, 5) is -0.506. The van der Waals surface area contributed by atoms with Crippen LogP contribution in [0.25, 0.3) is 0 Å². The lowest BCUT2D eigenvalue weighted by molar-refractivity contribution is 0.500. The molecule has 1 heterocycles. The number of benzene rings is 1. The zero-order chi connectivity index (χ0) is 15.8. The van der Waals surface area contributed by atoms with Crippen molar-refractivity contribution in [3.63, 3.8) is 0 Å². The van der Waals surface area contributed by atoms with Crippen LogP contribution in [0.2, 0.25) is 0 Å². The van der Waals surface area contributed by atoms with Crippen molar-refractivity contribution in [3.8, 4) is 0 Å². The van der Waals surface area contributed by atoms with Crippen molar-refractivity contribution in [1.82, 2.24) is 4.72 Å². The van der Waals surface area contributed by atoms with E-state index in [0.717, 1.165) is 6.07 Å². The molecule has 2 rings (SSSR count). The van der Waals surface area contributed by atoms with E-state index in [4.69, 9.17) is 5.73 Å². The number of nitrogens with one attached hydrogen (secondary N) is 1. The van der Waals surface area contributed by atoms with Crippen molar-refractivity contribution >= 4 is 25.5 Å². The van der Waals surface area contributed by atoms with E-state index in [1.807, 2.05) is 0 Å². The zero-order valence-corrected chi connectivity index (χ0v) is 13.1. The molecular formula is C12H17FN2O4S2. The molecule has 0 spiro atoms. The van der Waals surface area contributed by atoms with Crippen LogP contribution in [0, 0.1) is 12.7 Å². The Hall–Kier alpha value is -1.19. The van der Waals surface area contributed by atoms with Gasteiger partial charge in [-0.15, -0.1) is 0 Å². The molecule has 118 valence electrons. The van der Waals surface area contributed by atoms with Gasteiger partial charge in [-0.3, -0.25) is 0 Å². The van der Waals surface area contributed by atoms with E-state index in [9.17, 15) is 21.2 Å². The van der Waals surface area contributed by atoms with Gasteiger partial charge in [0, 0.05) is 11.7 Å². The summed E-state index contributed by atoms with van der Waals surface area (Å²) in [5.74, 6) is -0.989. The van der Waals surface area contributed by atoms with Gasteiger partial charge < -0.3 is 5.73 Å². The van der Waals surface area contributed by atoms with E-state index in [1.54, 1.807) is 0 Å². The Kier molecular flexibility index (Phi) is 4.27. The van der Waals surface area contributed by atoms with Gasteiger partial charge in [0.1, 0.15) is 20.5 Å². The van der Waals surface area contributed by atoms with Crippen LogP contribution >= 0.6 is 0 Å². The van der Waals surface area contributed by atoms with E-state index in [-0.39, 0.29) is 35.6 Å². The van der Waals surface area contributed by atoms with Gasteiger partial charge in [-0.2, -0.15) is 0 Å². The third kappa shape index (κ3) is 3.72. The van der Waals surface area contributed by atoms with Crippen LogP contribution in [-0.2, 0) is 19.9 Å². The molecule has 6 nitrogen and oxygen atoms in total. The molecular weight excluding hydrogens is 319 g/mol. The highest BCUT2D eigenvalue weighted by atomic mass is 32.2. The number of aryl methyl sites for hydroxylation is 1. The van der Waals surface area contributed by atoms with Crippen LogP contribution in [0.15, 0.2) is 17.0 Å². The molecule has 1 aromatic rings. The molecule has 1 aliphatic rings. The van der Waals surface area contributed by atoms with Gasteiger partial charge in [0.25, 0.3) is 0 Å². The smallest absolute Gasteiger partial charge is 0.243 e. The van der Waals surface area contributed by atoms with Crippen LogP contribution in [-0.4, -0.2) is 34.4 Å². The van der Waals surface area contributed by atoms with Gasteiger partial charge in [0.15, 0.2) is 0 Å². The van der Waals surface area contributed by atoms with Crippen molar-refractivity contribution in [3.05, 3.63) is 23.5 Å². The van der Waals surface area contributed by atoms with Gasteiger partial charge in [0.05, 0.1) is 11.5 Å². The quantitative estimate of drug-likeness (QED) is 0.785. The maximum Gasteiger partial charge on any atom is 0.243 e. The topological polar surface area (TPSA) is 106 Å². The fourth-order valence-electron chi connectivity index (χ4n) is 2.25. The Morgan fingerprint density at radius 2 is 1.86 bits per heavy atom. The lowest BCUT2D eigenvalue weighted by Crippen LogP contribution is -2.41. The third-order valence-electron chi connectivity index (χ3n) is 3.41. The van der Waals surface area contributed by atoms with Crippen LogP contribution in [0.4, 0.5) is 10.1 Å². The first-order valence-electron chi connectivity index (χ1n) is 6.39. The first kappa shape index (κ1) is 16.2. The van der Waals surface area contributed by atoms with Crippen molar-refractivity contribution in [2.24, 2.45) is 0 Å². The molecule has 0 aromatic heterocycles. The minimum absolute atomic E-state index is 0.0708. The molecule has 0 aliphatic carbocycles. The number of rotatable bonds is 3. The highest BCUT2D eigenvalue weighted by Gasteiger charge is 2.29. The Labute approximate surface area is 123 Å². The van der Waals surface area contributed by atoms with E-state index in [0.29, 0.717) is 0 Å². The molecule has 0 atom stereocenters. The molecule has 3 N–H and O–H groups in total. The first-order valence-corrected chi connectivity index (χ1v) is 9.69. The summed E-state index contributed by atoms with van der Waals surface area (Å²) in [5, 5.41) is 0. The Balaban J connectivity index is 2.24. The van der Waals surface area contributed by atoms with Crippen LogP contribution in [0.5, 0.6) is 0 Å². The maximum absolute atomic E-state index is 14.0. The predicted octanol–water partition coefficient (Wildman–Crippen LogP) is 0.572. The summed E-state index contributed by atoms with van der Waals surface area (Å²) >= 11 is 0. The van der Waals surface area contributed by atoms with Crippen molar-refractivity contribution < 1.29 is 21.2 Å². The van der Waals surface area contributed by atoms with Crippen LogP contribution < -0.4 is 10.5 Å². The normalized spacial score (nSPS) is 19.5. The number of halogens is 1. The molecule has 0 bridgehead atoms. The van der Waals surface area contributed by atoms with Crippen molar-refractivity contribution in [2.75, 3.05) is 17.2 Å². The van der Waals surface area contributed by atoms with Gasteiger partial charge in [-0.25, -0.2) is 25.9 Å². The Bertz CT molecular complexity index is 746. The molecule has 0 radical (unpaired) electrons. The number of sulfonamides is 1. The van der Waals surface area contributed by atoms with Gasteiger partial charge >= 0.3 is 0 Å². The van der Waals surface area contributed by atoms with E-state index in [2.05, 4.69) is 4.72 Å². The van der Waals surface area contributed by atoms with Gasteiger partial charge in [0.2, 0.25) is 10.0 Å². The Morgan fingerprint density at radius 3 is 2.43 bits per heavy atom. The molecule has 1 saturated heterocycles. The summed E-state index contributed by atoms with van der Waals surface area (Å²) < 4.78 is 63.4.